The van der Waals surface area contributed by atoms with Crippen molar-refractivity contribution in [2.24, 2.45) is 0 Å². The largest absolute Gasteiger partial charge is 0.468 e. The molecule has 7 nitrogen and oxygen atoms in total. The molecule has 0 spiro atoms. The molecule has 1 N–H and O–H groups in total. The molecule has 0 bridgehead atoms. The maximum atomic E-state index is 13.3. The van der Waals surface area contributed by atoms with Crippen LogP contribution in [-0.4, -0.2) is 44.8 Å². The maximum absolute atomic E-state index is 13.3. The van der Waals surface area contributed by atoms with Crippen LogP contribution in [0.15, 0.2) is 45.9 Å². The molecule has 156 valence electrons. The third kappa shape index (κ3) is 4.70. The van der Waals surface area contributed by atoms with Crippen LogP contribution in [-0.2, 0) is 19.4 Å². The van der Waals surface area contributed by atoms with E-state index in [-0.39, 0.29) is 17.2 Å². The molecule has 1 aromatic heterocycles. The Morgan fingerprint density at radius 2 is 1.83 bits per heavy atom. The minimum absolute atomic E-state index is 0.151. The van der Waals surface area contributed by atoms with Gasteiger partial charge >= 0.3 is 11.8 Å². The standard InChI is InChI=1S/C21H26N2O5S/c1-15-8-9-17(13-16(15)2)29(26,27)19(18-7-6-12-28-18)14-22-20(24)21(25)23-10-4-3-5-11-23/h6-9,12-13,19H,3-5,10-11,14H2,1-2H3,(H,22,24)/t19-/m0/s1. The van der Waals surface area contributed by atoms with E-state index in [9.17, 15) is 18.0 Å². The van der Waals surface area contributed by atoms with Crippen molar-refractivity contribution in [1.29, 1.82) is 0 Å². The number of piperidine rings is 1. The number of amides is 2. The van der Waals surface area contributed by atoms with Gasteiger partial charge in [0.15, 0.2) is 9.84 Å². The molecule has 2 amide bonds. The van der Waals surface area contributed by atoms with E-state index in [1.807, 2.05) is 13.8 Å². The van der Waals surface area contributed by atoms with E-state index in [0.29, 0.717) is 13.1 Å². The number of carbonyl (C=O) groups excluding carboxylic acids is 2. The number of nitrogens with zero attached hydrogens (tertiary/aromatic N) is 1. The van der Waals surface area contributed by atoms with Crippen molar-refractivity contribution in [3.8, 4) is 0 Å². The first-order valence-electron chi connectivity index (χ1n) is 9.72. The van der Waals surface area contributed by atoms with E-state index in [4.69, 9.17) is 4.42 Å². The van der Waals surface area contributed by atoms with Gasteiger partial charge in [-0.15, -0.1) is 0 Å². The summed E-state index contributed by atoms with van der Waals surface area (Å²) in [6.45, 7) is 4.60. The van der Waals surface area contributed by atoms with Crippen molar-refractivity contribution < 1.29 is 22.4 Å². The average molecular weight is 419 g/mol. The predicted octanol–water partition coefficient (Wildman–Crippen LogP) is 2.54. The lowest BCUT2D eigenvalue weighted by Gasteiger charge is -2.26. The van der Waals surface area contributed by atoms with Crippen molar-refractivity contribution in [1.82, 2.24) is 10.2 Å². The van der Waals surface area contributed by atoms with Gasteiger partial charge in [0.1, 0.15) is 11.0 Å². The Bertz CT molecular complexity index is 977. The number of benzene rings is 1. The molecular formula is C21H26N2O5S. The Balaban J connectivity index is 1.80. The lowest BCUT2D eigenvalue weighted by atomic mass is 10.1. The zero-order chi connectivity index (χ0) is 21.0. The molecule has 1 fully saturated rings. The maximum Gasteiger partial charge on any atom is 0.311 e. The van der Waals surface area contributed by atoms with Crippen LogP contribution >= 0.6 is 0 Å². The monoisotopic (exact) mass is 418 g/mol. The Morgan fingerprint density at radius 3 is 2.45 bits per heavy atom. The molecule has 1 aliphatic rings. The van der Waals surface area contributed by atoms with Crippen LogP contribution in [0, 0.1) is 13.8 Å². The minimum Gasteiger partial charge on any atom is -0.468 e. The zero-order valence-corrected chi connectivity index (χ0v) is 17.5. The minimum atomic E-state index is -3.84. The summed E-state index contributed by atoms with van der Waals surface area (Å²) in [7, 11) is -3.84. The molecule has 29 heavy (non-hydrogen) atoms. The number of likely N-dealkylation sites (tertiary alicyclic amines) is 1. The van der Waals surface area contributed by atoms with Gasteiger partial charge in [-0.2, -0.15) is 0 Å². The van der Waals surface area contributed by atoms with Gasteiger partial charge in [-0.05, 0) is 68.5 Å². The van der Waals surface area contributed by atoms with Gasteiger partial charge < -0.3 is 14.6 Å². The molecule has 1 atom stereocenters. The molecule has 2 aromatic rings. The summed E-state index contributed by atoms with van der Waals surface area (Å²) in [4.78, 5) is 26.4. The summed E-state index contributed by atoms with van der Waals surface area (Å²) in [5, 5.41) is 1.37. The zero-order valence-electron chi connectivity index (χ0n) is 16.7. The lowest BCUT2D eigenvalue weighted by molar-refractivity contribution is -0.146. The van der Waals surface area contributed by atoms with E-state index < -0.39 is 26.9 Å². The molecule has 1 aromatic carbocycles. The number of furan rings is 1. The molecular weight excluding hydrogens is 392 g/mol. The molecule has 0 aliphatic carbocycles. The van der Waals surface area contributed by atoms with E-state index in [1.165, 1.54) is 11.2 Å². The highest BCUT2D eigenvalue weighted by atomic mass is 32.2. The molecule has 0 radical (unpaired) electrons. The number of aryl methyl sites for hydroxylation is 2. The first-order chi connectivity index (χ1) is 13.8. The Morgan fingerprint density at radius 1 is 1.10 bits per heavy atom. The smallest absolute Gasteiger partial charge is 0.311 e. The van der Waals surface area contributed by atoms with Gasteiger partial charge in [0.2, 0.25) is 0 Å². The van der Waals surface area contributed by atoms with Crippen LogP contribution in [0.1, 0.15) is 41.4 Å². The molecule has 2 heterocycles. The van der Waals surface area contributed by atoms with Gasteiger partial charge in [0.25, 0.3) is 0 Å². The summed E-state index contributed by atoms with van der Waals surface area (Å²) in [5.41, 5.74) is 1.84. The Labute approximate surface area is 171 Å². The van der Waals surface area contributed by atoms with Crippen LogP contribution in [0.5, 0.6) is 0 Å². The van der Waals surface area contributed by atoms with Crippen molar-refractivity contribution >= 4 is 21.7 Å². The van der Waals surface area contributed by atoms with Gasteiger partial charge in [0, 0.05) is 19.6 Å². The lowest BCUT2D eigenvalue weighted by Crippen LogP contribution is -2.46. The molecule has 1 aliphatic heterocycles. The number of hydrogen-bond acceptors (Lipinski definition) is 5. The molecule has 3 rings (SSSR count). The van der Waals surface area contributed by atoms with Crippen molar-refractivity contribution in [2.45, 2.75) is 43.3 Å². The Kier molecular flexibility index (Phi) is 6.42. The first kappa shape index (κ1) is 21.1. The number of carbonyl (C=O) groups is 2. The predicted molar refractivity (Wildman–Crippen MR) is 108 cm³/mol. The van der Waals surface area contributed by atoms with E-state index in [2.05, 4.69) is 5.32 Å². The summed E-state index contributed by atoms with van der Waals surface area (Å²) in [6.07, 6.45) is 4.17. The second kappa shape index (κ2) is 8.82. The third-order valence-electron chi connectivity index (χ3n) is 5.33. The number of rotatable bonds is 5. The van der Waals surface area contributed by atoms with Crippen LogP contribution in [0.25, 0.3) is 0 Å². The van der Waals surface area contributed by atoms with Crippen molar-refractivity contribution in [3.05, 3.63) is 53.5 Å². The fraction of sp³-hybridized carbons (Fsp3) is 0.429. The molecule has 0 unspecified atom stereocenters. The molecule has 0 saturated carbocycles. The van der Waals surface area contributed by atoms with Gasteiger partial charge in [-0.1, -0.05) is 6.07 Å². The molecule has 1 saturated heterocycles. The van der Waals surface area contributed by atoms with E-state index >= 15 is 0 Å². The highest BCUT2D eigenvalue weighted by Crippen LogP contribution is 2.30. The number of sulfone groups is 1. The van der Waals surface area contributed by atoms with Crippen molar-refractivity contribution in [3.63, 3.8) is 0 Å². The number of hydrogen-bond donors (Lipinski definition) is 1. The number of nitrogens with one attached hydrogen (secondary N) is 1. The summed E-state index contributed by atoms with van der Waals surface area (Å²) < 4.78 is 31.9. The first-order valence-corrected chi connectivity index (χ1v) is 11.3. The third-order valence-corrected chi connectivity index (χ3v) is 7.39. The van der Waals surface area contributed by atoms with Crippen LogP contribution < -0.4 is 5.32 Å². The second-order valence-electron chi connectivity index (χ2n) is 7.36. The topological polar surface area (TPSA) is 96.7 Å². The summed E-state index contributed by atoms with van der Waals surface area (Å²) in [5.74, 6) is -1.20. The highest BCUT2D eigenvalue weighted by Gasteiger charge is 2.33. The van der Waals surface area contributed by atoms with Gasteiger partial charge in [-0.25, -0.2) is 8.42 Å². The van der Waals surface area contributed by atoms with Crippen LogP contribution in [0.4, 0.5) is 0 Å². The normalized spacial score (nSPS) is 15.7. The quantitative estimate of drug-likeness (QED) is 0.753. The van der Waals surface area contributed by atoms with Crippen molar-refractivity contribution in [2.75, 3.05) is 19.6 Å². The van der Waals surface area contributed by atoms with Crippen LogP contribution in [0.3, 0.4) is 0 Å². The highest BCUT2D eigenvalue weighted by molar-refractivity contribution is 7.91. The van der Waals surface area contributed by atoms with E-state index in [0.717, 1.165) is 30.4 Å². The fourth-order valence-electron chi connectivity index (χ4n) is 3.39. The van der Waals surface area contributed by atoms with Gasteiger partial charge in [-0.3, -0.25) is 9.59 Å². The summed E-state index contributed by atoms with van der Waals surface area (Å²) >= 11 is 0. The fourth-order valence-corrected chi connectivity index (χ4v) is 5.06. The molecule has 8 heteroatoms. The SMILES string of the molecule is Cc1ccc(S(=O)(=O)[C@@H](CNC(=O)C(=O)N2CCCCC2)c2ccco2)cc1C. The van der Waals surface area contributed by atoms with E-state index in [1.54, 1.807) is 30.3 Å². The van der Waals surface area contributed by atoms with Gasteiger partial charge in [0.05, 0.1) is 11.2 Å². The summed E-state index contributed by atoms with van der Waals surface area (Å²) in [6, 6.07) is 8.07. The van der Waals surface area contributed by atoms with Crippen LogP contribution in [0.2, 0.25) is 0 Å². The Hall–Kier alpha value is -2.61. The second-order valence-corrected chi connectivity index (χ2v) is 9.49. The average Bonchev–Trinajstić information content (AvgIpc) is 3.24.